The van der Waals surface area contributed by atoms with Crippen molar-refractivity contribution in [2.75, 3.05) is 0 Å². The zero-order valence-corrected chi connectivity index (χ0v) is 59.0. The van der Waals surface area contributed by atoms with Gasteiger partial charge in [-0.1, -0.05) is 102 Å². The second kappa shape index (κ2) is 15.8. The lowest BCUT2D eigenvalue weighted by atomic mass is 10.0. The number of halogens is 4. The molecule has 22 heteroatoms. The summed E-state index contributed by atoms with van der Waals surface area (Å²) in [6, 6.07) is 0. The third kappa shape index (κ3) is 6.83. The molecule has 0 atom stereocenters. The van der Waals surface area contributed by atoms with Gasteiger partial charge in [-0.05, 0) is 63.7 Å². The van der Waals surface area contributed by atoms with E-state index in [0.29, 0.717) is 0 Å². The maximum absolute atomic E-state index is 4.33. The summed E-state index contributed by atoms with van der Waals surface area (Å²) in [5.74, 6) is 0. The van der Waals surface area contributed by atoms with Gasteiger partial charge in [-0.3, -0.25) is 0 Å². The minimum atomic E-state index is -1.61. The first-order chi connectivity index (χ1) is 30.9. The predicted molar refractivity (Wildman–Crippen MR) is 349 cm³/mol. The highest BCUT2D eigenvalue weighted by atomic mass is 79.9. The van der Waals surface area contributed by atoms with Crippen molar-refractivity contribution in [1.82, 2.24) is 0 Å². The summed E-state index contributed by atoms with van der Waals surface area (Å²) in [5.41, 5.74) is 5.90. The van der Waals surface area contributed by atoms with Gasteiger partial charge in [0.1, 0.15) is 0 Å². The molecule has 0 nitrogen and oxygen atoms in total. The second-order valence-electron chi connectivity index (χ2n) is 21.0. The van der Waals surface area contributed by atoms with Crippen LogP contribution in [0.5, 0.6) is 0 Å². The fraction of sp³-hybridized carbons (Fsp3) is 0.273. The topological polar surface area (TPSA) is 0 Å². The number of hydrogen-bond donors (Lipinski definition) is 0. The van der Waals surface area contributed by atoms with Crippen molar-refractivity contribution >= 4 is 349 Å². The zero-order chi connectivity index (χ0) is 46.4. The van der Waals surface area contributed by atoms with E-state index in [1.54, 1.807) is 18.0 Å². The van der Waals surface area contributed by atoms with Crippen LogP contribution in [0.1, 0.15) is 0 Å². The number of rotatable bonds is 4. The van der Waals surface area contributed by atoms with Gasteiger partial charge >= 0.3 is 0 Å². The molecule has 12 aromatic heterocycles. The Labute approximate surface area is 476 Å². The molecule has 13 heterocycles. The molecule has 66 heavy (non-hydrogen) atoms. The van der Waals surface area contributed by atoms with Crippen molar-refractivity contribution in [2.24, 2.45) is 0 Å². The Bertz CT molecular complexity index is 3580. The van der Waals surface area contributed by atoms with Gasteiger partial charge in [0.2, 0.25) is 0 Å². The van der Waals surface area contributed by atoms with Crippen LogP contribution in [0.25, 0.3) is 97.5 Å². The lowest BCUT2D eigenvalue weighted by Gasteiger charge is -2.15. The van der Waals surface area contributed by atoms with E-state index in [9.17, 15) is 0 Å². The maximum atomic E-state index is 4.33. The van der Waals surface area contributed by atoms with E-state index < -0.39 is 32.3 Å². The summed E-state index contributed by atoms with van der Waals surface area (Å²) in [6.07, 6.45) is 0. The highest BCUT2D eigenvalue weighted by Crippen LogP contribution is 2.67. The minimum absolute atomic E-state index is 1.36. The van der Waals surface area contributed by atoms with E-state index in [1.165, 1.54) is 132 Å². The molecule has 0 unspecified atom stereocenters. The first-order valence-corrected chi connectivity index (χ1v) is 49.6. The third-order valence-electron chi connectivity index (χ3n) is 12.0. The molecule has 0 radical (unpaired) electrons. The Morgan fingerprint density at radius 1 is 0.242 bits per heavy atom. The molecule has 340 valence electrons. The van der Waals surface area contributed by atoms with Crippen LogP contribution < -0.4 is 18.0 Å². The van der Waals surface area contributed by atoms with E-state index in [0.717, 1.165) is 0 Å². The van der Waals surface area contributed by atoms with Gasteiger partial charge in [0, 0.05) is 101 Å². The van der Waals surface area contributed by atoms with Gasteiger partial charge in [0.15, 0.2) is 0 Å². The highest BCUT2D eigenvalue weighted by molar-refractivity contribution is 9.11. The molecular formula is C44H36Br4S14Si4. The second-order valence-corrected chi connectivity index (χ2v) is 63.0. The van der Waals surface area contributed by atoms with Crippen LogP contribution >= 0.6 is 223 Å². The fourth-order valence-electron chi connectivity index (χ4n) is 9.09. The largest absolute Gasteiger partial charge is 0.133 e. The fourth-order valence-corrected chi connectivity index (χ4v) is 50.1. The monoisotopic (exact) mass is 1440 g/mol. The molecule has 13 rings (SSSR count). The van der Waals surface area contributed by atoms with Crippen LogP contribution in [0.3, 0.4) is 0 Å². The van der Waals surface area contributed by atoms with Gasteiger partial charge in [0.25, 0.3) is 0 Å². The van der Waals surface area contributed by atoms with Crippen LogP contribution in [0.15, 0.2) is 34.7 Å². The Balaban J connectivity index is 1.21. The molecule has 0 amide bonds. The quantitative estimate of drug-likeness (QED) is 0.161. The summed E-state index contributed by atoms with van der Waals surface area (Å²) < 4.78 is 29.3. The standard InChI is InChI=1S/C44H36Br4S14Si4/c1-63(2,3)41-25(45)21-17-13-14-18-22-26(46)42(64(4,5)6)60-38(22)56-34(18)52-30(14)50-32-16(20-24-28(48)44(66(10,11)12)62-40(24)58-36(20)54-32)15-19-23-27(47)43(65(7,8)9)61-39(23)57-35(19)53-31(15)49-29(13)51-33(17)55-37(21)59-41/h1-12H3. The molecule has 0 bridgehead atoms. The van der Waals surface area contributed by atoms with Crippen molar-refractivity contribution in [1.29, 1.82) is 0 Å². The van der Waals surface area contributed by atoms with Crippen molar-refractivity contribution < 1.29 is 0 Å². The number of hydrogen-bond acceptors (Lipinski definition) is 14. The van der Waals surface area contributed by atoms with Crippen LogP contribution in [0.4, 0.5) is 0 Å². The molecule has 12 aromatic rings. The van der Waals surface area contributed by atoms with Crippen LogP contribution in [0, 0.1) is 0 Å². The Morgan fingerprint density at radius 3 is 0.606 bits per heavy atom. The van der Waals surface area contributed by atoms with Gasteiger partial charge in [-0.15, -0.1) is 136 Å². The summed E-state index contributed by atoms with van der Waals surface area (Å²) in [4.78, 5) is 0. The summed E-state index contributed by atoms with van der Waals surface area (Å²) in [7, 11) is -6.44. The van der Waals surface area contributed by atoms with E-state index in [1.807, 2.05) is 45.3 Å². The van der Waals surface area contributed by atoms with Crippen LogP contribution in [0.2, 0.25) is 78.6 Å². The van der Waals surface area contributed by atoms with Gasteiger partial charge < -0.3 is 0 Å². The van der Waals surface area contributed by atoms with Crippen molar-refractivity contribution in [3.8, 4) is 22.3 Å². The van der Waals surface area contributed by atoms with Crippen molar-refractivity contribution in [2.45, 2.75) is 95.4 Å². The lowest BCUT2D eigenvalue weighted by Crippen LogP contribution is -2.35. The third-order valence-corrected chi connectivity index (χ3v) is 49.7. The Hall–Kier alpha value is 1.97. The van der Waals surface area contributed by atoms with Gasteiger partial charge in [-0.2, -0.15) is 0 Å². The van der Waals surface area contributed by atoms with Gasteiger partial charge in [0.05, 0.1) is 81.2 Å². The predicted octanol–water partition coefficient (Wildman–Crippen LogP) is 22.8. The van der Waals surface area contributed by atoms with Crippen LogP contribution in [-0.4, -0.2) is 32.3 Å². The Morgan fingerprint density at radius 2 is 0.424 bits per heavy atom. The number of thiophene rings is 12. The highest BCUT2D eigenvalue weighted by Gasteiger charge is 2.39. The summed E-state index contributed by atoms with van der Waals surface area (Å²) in [6.45, 7) is 30.1. The van der Waals surface area contributed by atoms with Gasteiger partial charge in [-0.25, -0.2) is 0 Å². The first-order valence-electron chi connectivity index (χ1n) is 21.0. The molecule has 0 aromatic carbocycles. The smallest absolute Gasteiger partial charge is 0.0920 e. The van der Waals surface area contributed by atoms with Crippen LogP contribution in [-0.2, 0) is 0 Å². The normalized spacial score (nSPS) is 14.5. The number of fused-ring (bicyclic) bond motifs is 22. The zero-order valence-electron chi connectivity index (χ0n) is 37.2. The molecule has 0 N–H and O–H groups in total. The maximum Gasteiger partial charge on any atom is 0.0920 e. The summed E-state index contributed by atoms with van der Waals surface area (Å²) in [5, 5.41) is 11.7. The van der Waals surface area contributed by atoms with Crippen molar-refractivity contribution in [3.05, 3.63) is 17.9 Å². The molecule has 0 saturated heterocycles. The molecule has 0 spiro atoms. The van der Waals surface area contributed by atoms with E-state index >= 15 is 0 Å². The lowest BCUT2D eigenvalue weighted by molar-refractivity contribution is 1.58. The molecule has 0 aliphatic carbocycles. The molecular weight excluding hydrogens is 1410 g/mol. The molecule has 0 fully saturated rings. The molecule has 0 saturated carbocycles. The average molecular weight is 1450 g/mol. The molecule has 1 aliphatic heterocycles. The summed E-state index contributed by atoms with van der Waals surface area (Å²) >= 11 is 46.2. The van der Waals surface area contributed by atoms with E-state index in [-0.39, 0.29) is 0 Å². The first kappa shape index (κ1) is 47.7. The minimum Gasteiger partial charge on any atom is -0.133 e. The molecule has 1 aliphatic rings. The Kier molecular flexibility index (Phi) is 11.4. The van der Waals surface area contributed by atoms with E-state index in [2.05, 4.69) is 257 Å². The van der Waals surface area contributed by atoms with Crippen molar-refractivity contribution in [3.63, 3.8) is 0 Å². The average Bonchev–Trinajstić information content (AvgIpc) is 4.02. The SMILES string of the molecule is C[Si](C)(C)c1sc2sc3sc4c(c3c2c1Br)-c1c(sc2sc3sc([Si](C)(C)C)c(Br)c3c12)Sc1sc2sc3sc([Si](C)(C)C)c(Br)c3c2c1-c1c(sc2sc3sc([Si](C)(C)C)c(Br)c3c12)S4. The van der Waals surface area contributed by atoms with E-state index in [4.69, 9.17) is 0 Å².